The first-order valence-corrected chi connectivity index (χ1v) is 11.2. The molecule has 5 rings (SSSR count). The second-order valence-corrected chi connectivity index (χ2v) is 8.38. The molecule has 1 atom stereocenters. The van der Waals surface area contributed by atoms with E-state index in [0.29, 0.717) is 56.8 Å². The van der Waals surface area contributed by atoms with Crippen molar-refractivity contribution in [1.29, 1.82) is 0 Å². The van der Waals surface area contributed by atoms with Crippen molar-refractivity contribution in [1.82, 2.24) is 45.8 Å². The van der Waals surface area contributed by atoms with Gasteiger partial charge >= 0.3 is 5.97 Å². The van der Waals surface area contributed by atoms with E-state index in [4.69, 9.17) is 27.9 Å². The number of carbonyl (C=O) groups is 1. The van der Waals surface area contributed by atoms with Gasteiger partial charge in [-0.05, 0) is 42.8 Å². The fourth-order valence-electron chi connectivity index (χ4n) is 3.87. The van der Waals surface area contributed by atoms with Gasteiger partial charge in [-0.3, -0.25) is 0 Å². The number of nitrogens with one attached hydrogen (secondary N) is 2. The Kier molecular flexibility index (Phi) is 6.29. The molecule has 0 radical (unpaired) electrons. The van der Waals surface area contributed by atoms with Gasteiger partial charge in [0.1, 0.15) is 18.1 Å². The standard InChI is InChI=1S/C21H17Cl2N9O3/c22-14-2-1-3-15(23)13(14)10-35-12-4-5-16-11(8-12)9-18(21(33)34)32(16)17(20-26-30-31-27-20)6-7-19-24-28-29-25-19/h1-5,8-9,17H,6-7,10H2,(H,33,34)(H,24,25,28,29)(H,26,27,30,31). The molecule has 12 nitrogen and oxygen atoms in total. The molecule has 0 bridgehead atoms. The molecular weight excluding hydrogens is 497 g/mol. The van der Waals surface area contributed by atoms with Gasteiger partial charge in [0.15, 0.2) is 11.6 Å². The van der Waals surface area contributed by atoms with E-state index in [2.05, 4.69) is 41.2 Å². The van der Waals surface area contributed by atoms with Gasteiger partial charge in [-0.1, -0.05) is 39.7 Å². The number of aromatic carboxylic acids is 1. The molecule has 14 heteroatoms. The number of rotatable bonds is 9. The highest BCUT2D eigenvalue weighted by molar-refractivity contribution is 6.35. The SMILES string of the molecule is O=C(O)c1cc2cc(OCc3c(Cl)cccc3Cl)ccc2n1C(CCc1nn[nH]n1)c1nn[nH]n1. The van der Waals surface area contributed by atoms with Gasteiger partial charge in [0.05, 0.1) is 6.04 Å². The highest BCUT2D eigenvalue weighted by atomic mass is 35.5. The van der Waals surface area contributed by atoms with E-state index >= 15 is 0 Å². The van der Waals surface area contributed by atoms with Crippen LogP contribution in [0, 0.1) is 0 Å². The lowest BCUT2D eigenvalue weighted by Crippen LogP contribution is -2.18. The second kappa shape index (κ2) is 9.68. The third-order valence-corrected chi connectivity index (χ3v) is 6.18. The van der Waals surface area contributed by atoms with Crippen molar-refractivity contribution < 1.29 is 14.6 Å². The number of nitrogens with zero attached hydrogens (tertiary/aromatic N) is 7. The van der Waals surface area contributed by atoms with E-state index in [0.717, 1.165) is 0 Å². The Labute approximate surface area is 207 Å². The summed E-state index contributed by atoms with van der Waals surface area (Å²) in [7, 11) is 0. The highest BCUT2D eigenvalue weighted by Crippen LogP contribution is 2.33. The second-order valence-electron chi connectivity index (χ2n) is 7.57. The summed E-state index contributed by atoms with van der Waals surface area (Å²) < 4.78 is 7.57. The smallest absolute Gasteiger partial charge is 0.352 e. The first kappa shape index (κ1) is 22.7. The molecule has 178 valence electrons. The van der Waals surface area contributed by atoms with Crippen LogP contribution in [0.15, 0.2) is 42.5 Å². The summed E-state index contributed by atoms with van der Waals surface area (Å²) in [5, 5.41) is 39.8. The third-order valence-electron chi connectivity index (χ3n) is 5.48. The Hall–Kier alpha value is -4.03. The number of aromatic nitrogens is 9. The Bertz CT molecular complexity index is 1450. The molecular formula is C21H17Cl2N9O3. The number of tetrazole rings is 2. The number of hydrogen-bond acceptors (Lipinski definition) is 8. The van der Waals surface area contributed by atoms with Crippen LogP contribution in [0.25, 0.3) is 10.9 Å². The Morgan fingerprint density at radius 2 is 1.83 bits per heavy atom. The zero-order valence-electron chi connectivity index (χ0n) is 17.9. The molecule has 0 aliphatic heterocycles. The molecule has 3 aromatic heterocycles. The van der Waals surface area contributed by atoms with Crippen LogP contribution in [0.5, 0.6) is 5.75 Å². The van der Waals surface area contributed by atoms with Crippen LogP contribution < -0.4 is 4.74 Å². The number of carboxylic acids is 1. The van der Waals surface area contributed by atoms with Crippen molar-refractivity contribution in [3.63, 3.8) is 0 Å². The molecule has 3 heterocycles. The molecule has 0 spiro atoms. The Morgan fingerprint density at radius 3 is 2.51 bits per heavy atom. The molecule has 2 aromatic carbocycles. The fourth-order valence-corrected chi connectivity index (χ4v) is 4.38. The number of halogens is 2. The first-order valence-electron chi connectivity index (χ1n) is 10.4. The van der Waals surface area contributed by atoms with Crippen LogP contribution >= 0.6 is 23.2 Å². The topological polar surface area (TPSA) is 160 Å². The number of ether oxygens (including phenoxy) is 1. The van der Waals surface area contributed by atoms with Crippen molar-refractivity contribution in [2.75, 3.05) is 0 Å². The summed E-state index contributed by atoms with van der Waals surface area (Å²) in [5.74, 6) is 0.257. The molecule has 0 fully saturated rings. The monoisotopic (exact) mass is 513 g/mol. The average Bonchev–Trinajstić information content (AvgIpc) is 3.61. The van der Waals surface area contributed by atoms with Gasteiger partial charge < -0.3 is 14.4 Å². The van der Waals surface area contributed by atoms with Gasteiger partial charge in [0.25, 0.3) is 0 Å². The normalized spacial score (nSPS) is 12.2. The first-order chi connectivity index (χ1) is 17.0. The van der Waals surface area contributed by atoms with Crippen molar-refractivity contribution in [2.45, 2.75) is 25.5 Å². The average molecular weight is 514 g/mol. The summed E-state index contributed by atoms with van der Waals surface area (Å²) in [5.41, 5.74) is 1.39. The lowest BCUT2D eigenvalue weighted by Gasteiger charge is -2.18. The number of fused-ring (bicyclic) bond motifs is 1. The molecule has 35 heavy (non-hydrogen) atoms. The third kappa shape index (κ3) is 4.66. The minimum absolute atomic E-state index is 0.0641. The maximum absolute atomic E-state index is 12.2. The van der Waals surface area contributed by atoms with Crippen molar-refractivity contribution >= 4 is 40.1 Å². The van der Waals surface area contributed by atoms with E-state index in [-0.39, 0.29) is 12.3 Å². The summed E-state index contributed by atoms with van der Waals surface area (Å²) in [6.45, 7) is 0.159. The number of aromatic amines is 2. The van der Waals surface area contributed by atoms with Crippen LogP contribution in [-0.4, -0.2) is 56.9 Å². The molecule has 0 aliphatic rings. The molecule has 0 amide bonds. The van der Waals surface area contributed by atoms with E-state index in [1.807, 2.05) is 0 Å². The van der Waals surface area contributed by atoms with Crippen molar-refractivity contribution in [3.05, 3.63) is 75.4 Å². The van der Waals surface area contributed by atoms with Gasteiger partial charge in [0.2, 0.25) is 0 Å². The minimum atomic E-state index is -1.10. The number of carboxylic acid groups (broad SMARTS) is 1. The molecule has 5 aromatic rings. The maximum atomic E-state index is 12.2. The van der Waals surface area contributed by atoms with Crippen molar-refractivity contribution in [2.24, 2.45) is 0 Å². The van der Waals surface area contributed by atoms with Gasteiger partial charge in [-0.2, -0.15) is 10.4 Å². The molecule has 1 unspecified atom stereocenters. The summed E-state index contributed by atoms with van der Waals surface area (Å²) >= 11 is 12.5. The van der Waals surface area contributed by atoms with Crippen LogP contribution in [0.1, 0.15) is 40.2 Å². The van der Waals surface area contributed by atoms with E-state index < -0.39 is 12.0 Å². The highest BCUT2D eigenvalue weighted by Gasteiger charge is 2.26. The van der Waals surface area contributed by atoms with E-state index in [9.17, 15) is 9.90 Å². The van der Waals surface area contributed by atoms with Gasteiger partial charge in [-0.15, -0.1) is 20.4 Å². The predicted octanol–water partition coefficient (Wildman–Crippen LogP) is 3.47. The number of aryl methyl sites for hydroxylation is 1. The largest absolute Gasteiger partial charge is 0.489 e. The zero-order valence-corrected chi connectivity index (χ0v) is 19.4. The number of hydrogen-bond donors (Lipinski definition) is 3. The zero-order chi connectivity index (χ0) is 24.4. The summed E-state index contributed by atoms with van der Waals surface area (Å²) in [6.07, 6.45) is 0.820. The lowest BCUT2D eigenvalue weighted by molar-refractivity contribution is 0.0684. The fraction of sp³-hybridized carbons (Fsp3) is 0.190. The molecule has 3 N–H and O–H groups in total. The van der Waals surface area contributed by atoms with E-state index in [1.165, 1.54) is 0 Å². The molecule has 0 saturated heterocycles. The lowest BCUT2D eigenvalue weighted by atomic mass is 10.1. The minimum Gasteiger partial charge on any atom is -0.489 e. The maximum Gasteiger partial charge on any atom is 0.352 e. The number of benzene rings is 2. The van der Waals surface area contributed by atoms with Gasteiger partial charge in [0, 0.05) is 32.9 Å². The van der Waals surface area contributed by atoms with Crippen molar-refractivity contribution in [3.8, 4) is 5.75 Å². The predicted molar refractivity (Wildman–Crippen MR) is 125 cm³/mol. The summed E-state index contributed by atoms with van der Waals surface area (Å²) in [6, 6.07) is 11.6. The van der Waals surface area contributed by atoms with Gasteiger partial charge in [-0.25, -0.2) is 4.79 Å². The van der Waals surface area contributed by atoms with Crippen LogP contribution in [0.4, 0.5) is 0 Å². The number of H-pyrrole nitrogens is 2. The van der Waals surface area contributed by atoms with Crippen LogP contribution in [0.3, 0.4) is 0 Å². The summed E-state index contributed by atoms with van der Waals surface area (Å²) in [4.78, 5) is 12.2. The quantitative estimate of drug-likeness (QED) is 0.268. The molecule has 0 aliphatic carbocycles. The molecule has 0 saturated carbocycles. The Balaban J connectivity index is 1.50. The Morgan fingerprint density at radius 1 is 1.06 bits per heavy atom. The van der Waals surface area contributed by atoms with Crippen LogP contribution in [0.2, 0.25) is 10.0 Å². The van der Waals surface area contributed by atoms with Crippen LogP contribution in [-0.2, 0) is 13.0 Å². The van der Waals surface area contributed by atoms with E-state index in [1.54, 1.807) is 47.0 Å².